The molecule has 0 saturated heterocycles. The van der Waals surface area contributed by atoms with Crippen molar-refractivity contribution in [1.29, 1.82) is 0 Å². The first-order valence-corrected chi connectivity index (χ1v) is 4.16. The van der Waals surface area contributed by atoms with Crippen molar-refractivity contribution in [2.24, 2.45) is 11.8 Å². The van der Waals surface area contributed by atoms with E-state index in [9.17, 15) is 19.8 Å². The summed E-state index contributed by atoms with van der Waals surface area (Å²) in [5.41, 5.74) is 0. The first-order chi connectivity index (χ1) is 6.61. The normalized spacial score (nSPS) is 30.9. The molecule has 0 bridgehead atoms. The van der Waals surface area contributed by atoms with E-state index in [1.807, 2.05) is 0 Å². The van der Waals surface area contributed by atoms with Gasteiger partial charge in [-0.15, -0.1) is 0 Å². The zero-order valence-electron chi connectivity index (χ0n) is 7.18. The number of carbonyl (C=O) groups excluding carboxylic acids is 2. The molecule has 0 aromatic carbocycles. The molecule has 2 aliphatic carbocycles. The molecule has 4 nitrogen and oxygen atoms in total. The lowest BCUT2D eigenvalue weighted by Crippen LogP contribution is -2.36. The van der Waals surface area contributed by atoms with Crippen molar-refractivity contribution in [3.8, 4) is 0 Å². The number of rotatable bonds is 0. The molecular formula is C10H8O4. The summed E-state index contributed by atoms with van der Waals surface area (Å²) in [6.07, 6.45) is 4.74. The van der Waals surface area contributed by atoms with E-state index in [1.165, 1.54) is 12.2 Å². The van der Waals surface area contributed by atoms with Crippen LogP contribution in [0.5, 0.6) is 0 Å². The highest BCUT2D eigenvalue weighted by Crippen LogP contribution is 2.33. The van der Waals surface area contributed by atoms with E-state index in [2.05, 4.69) is 0 Å². The van der Waals surface area contributed by atoms with Crippen molar-refractivity contribution in [3.05, 3.63) is 35.8 Å². The Bertz CT molecular complexity index is 362. The summed E-state index contributed by atoms with van der Waals surface area (Å²) in [4.78, 5) is 22.7. The molecule has 0 saturated carbocycles. The highest BCUT2D eigenvalue weighted by atomic mass is 16.3. The minimum atomic E-state index is -0.933. The van der Waals surface area contributed by atoms with Crippen LogP contribution < -0.4 is 0 Å². The van der Waals surface area contributed by atoms with Crippen LogP contribution in [0.25, 0.3) is 0 Å². The van der Waals surface area contributed by atoms with Gasteiger partial charge < -0.3 is 10.2 Å². The van der Waals surface area contributed by atoms with Gasteiger partial charge in [0.05, 0.1) is 11.8 Å². The van der Waals surface area contributed by atoms with Gasteiger partial charge in [0.1, 0.15) is 11.5 Å². The van der Waals surface area contributed by atoms with Crippen molar-refractivity contribution < 1.29 is 19.8 Å². The Labute approximate surface area is 79.9 Å². The first-order valence-electron chi connectivity index (χ1n) is 4.16. The van der Waals surface area contributed by atoms with Crippen molar-refractivity contribution in [3.63, 3.8) is 0 Å². The van der Waals surface area contributed by atoms with E-state index in [4.69, 9.17) is 0 Å². The maximum atomic E-state index is 11.4. The largest absolute Gasteiger partial charge is 0.511 e. The van der Waals surface area contributed by atoms with E-state index >= 15 is 0 Å². The molecule has 0 fully saturated rings. The van der Waals surface area contributed by atoms with Crippen LogP contribution in [-0.4, -0.2) is 21.8 Å². The van der Waals surface area contributed by atoms with Crippen molar-refractivity contribution in [2.45, 2.75) is 0 Å². The minimum Gasteiger partial charge on any atom is -0.511 e. The summed E-state index contributed by atoms with van der Waals surface area (Å²) in [6.45, 7) is 0. The van der Waals surface area contributed by atoms with Gasteiger partial charge in [-0.1, -0.05) is 0 Å². The zero-order chi connectivity index (χ0) is 10.3. The van der Waals surface area contributed by atoms with Crippen LogP contribution in [0.1, 0.15) is 0 Å². The Morgan fingerprint density at radius 1 is 0.857 bits per heavy atom. The quantitative estimate of drug-likeness (QED) is 0.596. The summed E-state index contributed by atoms with van der Waals surface area (Å²) in [5.74, 6) is -2.92. The van der Waals surface area contributed by atoms with Crippen LogP contribution in [0.4, 0.5) is 0 Å². The zero-order valence-corrected chi connectivity index (χ0v) is 7.18. The smallest absolute Gasteiger partial charge is 0.167 e. The van der Waals surface area contributed by atoms with Crippen LogP contribution in [0.3, 0.4) is 0 Å². The number of fused-ring (bicyclic) bond motifs is 1. The monoisotopic (exact) mass is 192 g/mol. The Morgan fingerprint density at radius 2 is 1.21 bits per heavy atom. The molecule has 0 radical (unpaired) electrons. The van der Waals surface area contributed by atoms with Gasteiger partial charge in [-0.05, 0) is 24.3 Å². The lowest BCUT2D eigenvalue weighted by Gasteiger charge is -2.27. The van der Waals surface area contributed by atoms with Crippen molar-refractivity contribution >= 4 is 11.6 Å². The number of ketones is 2. The third-order valence-corrected chi connectivity index (χ3v) is 2.42. The number of aliphatic hydroxyl groups is 2. The summed E-state index contributed by atoms with van der Waals surface area (Å²) < 4.78 is 0. The Morgan fingerprint density at radius 3 is 1.57 bits per heavy atom. The fraction of sp³-hybridized carbons (Fsp3) is 0.200. The fourth-order valence-corrected chi connectivity index (χ4v) is 1.71. The average Bonchev–Trinajstić information content (AvgIpc) is 2.16. The standard InChI is InChI=1S/C10H8O4/c11-5-1-2-6(12)10-8(14)4-3-7(13)9(5)10/h1-4,9-12H/t9-,10+. The molecule has 0 aromatic heterocycles. The number of hydrogen-bond donors (Lipinski definition) is 2. The summed E-state index contributed by atoms with van der Waals surface area (Å²) in [6, 6.07) is 0. The summed E-state index contributed by atoms with van der Waals surface area (Å²) in [5, 5.41) is 18.8. The predicted molar refractivity (Wildman–Crippen MR) is 47.6 cm³/mol. The van der Waals surface area contributed by atoms with Gasteiger partial charge >= 0.3 is 0 Å². The number of hydrogen-bond acceptors (Lipinski definition) is 4. The molecule has 2 atom stereocenters. The van der Waals surface area contributed by atoms with Crippen molar-refractivity contribution in [1.82, 2.24) is 0 Å². The van der Waals surface area contributed by atoms with Gasteiger partial charge in [-0.25, -0.2) is 0 Å². The van der Waals surface area contributed by atoms with E-state index in [1.54, 1.807) is 0 Å². The summed E-state index contributed by atoms with van der Waals surface area (Å²) in [7, 11) is 0. The maximum absolute atomic E-state index is 11.4. The highest BCUT2D eigenvalue weighted by molar-refractivity contribution is 6.09. The van der Waals surface area contributed by atoms with E-state index in [-0.39, 0.29) is 23.1 Å². The van der Waals surface area contributed by atoms with Crippen LogP contribution >= 0.6 is 0 Å². The van der Waals surface area contributed by atoms with Crippen LogP contribution in [0, 0.1) is 11.8 Å². The van der Waals surface area contributed by atoms with Gasteiger partial charge in [0.15, 0.2) is 11.6 Å². The molecule has 72 valence electrons. The average molecular weight is 192 g/mol. The SMILES string of the molecule is O=C1C=CC(=O)[C@H]2C(O)=CC=C(O)[C@@H]12. The lowest BCUT2D eigenvalue weighted by atomic mass is 9.76. The Kier molecular flexibility index (Phi) is 1.77. The second-order valence-corrected chi connectivity index (χ2v) is 3.28. The molecule has 0 aromatic rings. The molecule has 0 heterocycles. The molecule has 0 amide bonds. The molecule has 0 aliphatic heterocycles. The Balaban J connectivity index is 2.52. The third-order valence-electron chi connectivity index (χ3n) is 2.42. The van der Waals surface area contributed by atoms with Gasteiger partial charge in [0.25, 0.3) is 0 Å². The van der Waals surface area contributed by atoms with Crippen LogP contribution in [-0.2, 0) is 9.59 Å². The third kappa shape index (κ3) is 1.08. The highest BCUT2D eigenvalue weighted by Gasteiger charge is 2.41. The second kappa shape index (κ2) is 2.83. The molecule has 14 heavy (non-hydrogen) atoms. The minimum absolute atomic E-state index is 0.171. The van der Waals surface area contributed by atoms with E-state index in [0.29, 0.717) is 0 Å². The first kappa shape index (κ1) is 8.74. The molecule has 2 rings (SSSR count). The fourth-order valence-electron chi connectivity index (χ4n) is 1.71. The van der Waals surface area contributed by atoms with Crippen LogP contribution in [0.15, 0.2) is 35.8 Å². The molecule has 0 unspecified atom stereocenters. The van der Waals surface area contributed by atoms with Gasteiger partial charge in [0, 0.05) is 0 Å². The van der Waals surface area contributed by atoms with Gasteiger partial charge in [0.2, 0.25) is 0 Å². The summed E-state index contributed by atoms with van der Waals surface area (Å²) >= 11 is 0. The molecular weight excluding hydrogens is 184 g/mol. The van der Waals surface area contributed by atoms with E-state index in [0.717, 1.165) is 12.2 Å². The molecule has 0 spiro atoms. The topological polar surface area (TPSA) is 74.6 Å². The van der Waals surface area contributed by atoms with E-state index < -0.39 is 11.8 Å². The molecule has 2 N–H and O–H groups in total. The predicted octanol–water partition coefficient (Wildman–Crippen LogP) is 0.824. The molecule has 4 heteroatoms. The Hall–Kier alpha value is -1.84. The lowest BCUT2D eigenvalue weighted by molar-refractivity contribution is -0.128. The maximum Gasteiger partial charge on any atom is 0.167 e. The number of aliphatic hydroxyl groups excluding tert-OH is 2. The van der Waals surface area contributed by atoms with Gasteiger partial charge in [-0.2, -0.15) is 0 Å². The van der Waals surface area contributed by atoms with Gasteiger partial charge in [-0.3, -0.25) is 9.59 Å². The number of carbonyl (C=O) groups is 2. The number of allylic oxidation sites excluding steroid dienone is 6. The second-order valence-electron chi connectivity index (χ2n) is 3.28. The molecule has 2 aliphatic rings. The van der Waals surface area contributed by atoms with Crippen LogP contribution in [0.2, 0.25) is 0 Å². The van der Waals surface area contributed by atoms with Crippen molar-refractivity contribution in [2.75, 3.05) is 0 Å².